The van der Waals surface area contributed by atoms with Crippen LogP contribution in [0.3, 0.4) is 0 Å². The summed E-state index contributed by atoms with van der Waals surface area (Å²) in [5.41, 5.74) is 2.77. The lowest BCUT2D eigenvalue weighted by Gasteiger charge is -2.42. The number of benzene rings is 1. The van der Waals surface area contributed by atoms with Gasteiger partial charge in [-0.05, 0) is 30.2 Å². The van der Waals surface area contributed by atoms with Crippen LogP contribution in [-0.2, 0) is 16.6 Å². The molecule has 1 heterocycles. The highest BCUT2D eigenvalue weighted by Gasteiger charge is 2.41. The summed E-state index contributed by atoms with van der Waals surface area (Å²) < 4.78 is 10.9. The smallest absolute Gasteiger partial charge is 0.122 e. The molecular formula is C14H20O2S. The zero-order valence-electron chi connectivity index (χ0n) is 10.5. The van der Waals surface area contributed by atoms with Gasteiger partial charge < -0.3 is 9.47 Å². The summed E-state index contributed by atoms with van der Waals surface area (Å²) in [6.07, 6.45) is 2.09. The highest BCUT2D eigenvalue weighted by Crippen LogP contribution is 2.41. The minimum Gasteiger partial charge on any atom is -0.496 e. The third-order valence-corrected chi connectivity index (χ3v) is 3.81. The SMILES string of the molecule is CCc1ccc(OC)c(C2(CCS)COC2)c1. The van der Waals surface area contributed by atoms with Gasteiger partial charge in [0.15, 0.2) is 0 Å². The first kappa shape index (κ1) is 12.8. The molecule has 1 aromatic carbocycles. The highest BCUT2D eigenvalue weighted by molar-refractivity contribution is 7.80. The first-order chi connectivity index (χ1) is 8.25. The lowest BCUT2D eigenvalue weighted by atomic mass is 9.75. The molecule has 2 rings (SSSR count). The second-order valence-corrected chi connectivity index (χ2v) is 5.08. The number of hydrogen-bond acceptors (Lipinski definition) is 3. The van der Waals surface area contributed by atoms with Crippen molar-refractivity contribution in [2.24, 2.45) is 0 Å². The Morgan fingerprint density at radius 3 is 2.65 bits per heavy atom. The third-order valence-electron chi connectivity index (χ3n) is 3.59. The Morgan fingerprint density at radius 1 is 1.41 bits per heavy atom. The van der Waals surface area contributed by atoms with E-state index in [4.69, 9.17) is 9.47 Å². The molecule has 0 unspecified atom stereocenters. The summed E-state index contributed by atoms with van der Waals surface area (Å²) in [6, 6.07) is 6.48. The van der Waals surface area contributed by atoms with Gasteiger partial charge in [-0.15, -0.1) is 0 Å². The molecule has 1 saturated heterocycles. The zero-order valence-corrected chi connectivity index (χ0v) is 11.4. The van der Waals surface area contributed by atoms with Crippen LogP contribution >= 0.6 is 12.6 Å². The first-order valence-corrected chi connectivity index (χ1v) is 6.75. The topological polar surface area (TPSA) is 18.5 Å². The van der Waals surface area contributed by atoms with E-state index >= 15 is 0 Å². The molecule has 17 heavy (non-hydrogen) atoms. The van der Waals surface area contributed by atoms with E-state index in [1.807, 2.05) is 0 Å². The fraction of sp³-hybridized carbons (Fsp3) is 0.571. The van der Waals surface area contributed by atoms with Crippen molar-refractivity contribution in [2.75, 3.05) is 26.1 Å². The van der Waals surface area contributed by atoms with E-state index in [0.29, 0.717) is 0 Å². The molecule has 0 aliphatic carbocycles. The van der Waals surface area contributed by atoms with Crippen molar-refractivity contribution in [2.45, 2.75) is 25.2 Å². The van der Waals surface area contributed by atoms with Crippen molar-refractivity contribution < 1.29 is 9.47 Å². The van der Waals surface area contributed by atoms with Gasteiger partial charge in [-0.1, -0.05) is 19.1 Å². The maximum absolute atomic E-state index is 5.49. The maximum atomic E-state index is 5.49. The molecule has 1 fully saturated rings. The Bertz CT molecular complexity index is 386. The number of rotatable bonds is 5. The van der Waals surface area contributed by atoms with Gasteiger partial charge in [0.25, 0.3) is 0 Å². The van der Waals surface area contributed by atoms with Gasteiger partial charge in [-0.3, -0.25) is 0 Å². The normalized spacial score (nSPS) is 17.6. The van der Waals surface area contributed by atoms with E-state index in [9.17, 15) is 0 Å². The van der Waals surface area contributed by atoms with Crippen LogP contribution in [0.5, 0.6) is 5.75 Å². The molecule has 94 valence electrons. The summed E-state index contributed by atoms with van der Waals surface area (Å²) in [4.78, 5) is 0. The monoisotopic (exact) mass is 252 g/mol. The van der Waals surface area contributed by atoms with Gasteiger partial charge in [0.05, 0.1) is 20.3 Å². The van der Waals surface area contributed by atoms with Crippen LogP contribution in [0, 0.1) is 0 Å². The molecule has 2 nitrogen and oxygen atoms in total. The molecule has 1 aliphatic rings. The molecule has 3 heteroatoms. The first-order valence-electron chi connectivity index (χ1n) is 6.12. The van der Waals surface area contributed by atoms with E-state index in [2.05, 4.69) is 37.8 Å². The van der Waals surface area contributed by atoms with Crippen LogP contribution in [-0.4, -0.2) is 26.1 Å². The lowest BCUT2D eigenvalue weighted by molar-refractivity contribution is -0.0623. The van der Waals surface area contributed by atoms with Crippen LogP contribution in [0.2, 0.25) is 0 Å². The van der Waals surface area contributed by atoms with E-state index in [1.165, 1.54) is 11.1 Å². The van der Waals surface area contributed by atoms with E-state index in [0.717, 1.165) is 37.6 Å². The van der Waals surface area contributed by atoms with Crippen LogP contribution in [0.1, 0.15) is 24.5 Å². The van der Waals surface area contributed by atoms with Crippen molar-refractivity contribution >= 4 is 12.6 Å². The summed E-state index contributed by atoms with van der Waals surface area (Å²) in [6.45, 7) is 3.75. The second-order valence-electron chi connectivity index (χ2n) is 4.63. The van der Waals surface area contributed by atoms with Crippen molar-refractivity contribution in [1.82, 2.24) is 0 Å². The van der Waals surface area contributed by atoms with Crippen molar-refractivity contribution in [1.29, 1.82) is 0 Å². The van der Waals surface area contributed by atoms with Gasteiger partial charge >= 0.3 is 0 Å². The van der Waals surface area contributed by atoms with Crippen LogP contribution in [0.15, 0.2) is 18.2 Å². The fourth-order valence-corrected chi connectivity index (χ4v) is 2.81. The van der Waals surface area contributed by atoms with Gasteiger partial charge in [0.1, 0.15) is 5.75 Å². The highest BCUT2D eigenvalue weighted by atomic mass is 32.1. The van der Waals surface area contributed by atoms with Crippen LogP contribution < -0.4 is 4.74 Å². The molecule has 1 aliphatic heterocycles. The standard InChI is InChI=1S/C14H20O2S/c1-3-11-4-5-13(15-2)12(8-11)14(6-7-17)9-16-10-14/h4-5,8,17H,3,6-7,9-10H2,1-2H3. The average Bonchev–Trinajstić information content (AvgIpc) is 2.33. The molecule has 0 bridgehead atoms. The average molecular weight is 252 g/mol. The largest absolute Gasteiger partial charge is 0.496 e. The summed E-state index contributed by atoms with van der Waals surface area (Å²) in [7, 11) is 1.73. The zero-order chi connectivity index (χ0) is 12.3. The van der Waals surface area contributed by atoms with Gasteiger partial charge in [0, 0.05) is 11.0 Å². The Morgan fingerprint density at radius 2 is 2.18 bits per heavy atom. The molecule has 0 radical (unpaired) electrons. The lowest BCUT2D eigenvalue weighted by Crippen LogP contribution is -2.47. The Kier molecular flexibility index (Phi) is 4.00. The third kappa shape index (κ3) is 2.31. The van der Waals surface area contributed by atoms with Crippen molar-refractivity contribution in [3.05, 3.63) is 29.3 Å². The molecule has 0 aromatic heterocycles. The van der Waals surface area contributed by atoms with Crippen LogP contribution in [0.25, 0.3) is 0 Å². The van der Waals surface area contributed by atoms with Gasteiger partial charge in [-0.2, -0.15) is 12.6 Å². The second kappa shape index (κ2) is 5.32. The van der Waals surface area contributed by atoms with E-state index < -0.39 is 0 Å². The van der Waals surface area contributed by atoms with Gasteiger partial charge in [-0.25, -0.2) is 0 Å². The van der Waals surface area contributed by atoms with E-state index in [-0.39, 0.29) is 5.41 Å². The predicted molar refractivity (Wildman–Crippen MR) is 73.3 cm³/mol. The Labute approximate surface area is 109 Å². The number of ether oxygens (including phenoxy) is 2. The number of methoxy groups -OCH3 is 1. The minimum absolute atomic E-state index is 0.123. The summed E-state index contributed by atoms with van der Waals surface area (Å²) in [5, 5.41) is 0. The fourth-order valence-electron chi connectivity index (χ4n) is 2.39. The molecule has 0 amide bonds. The summed E-state index contributed by atoms with van der Waals surface area (Å²) >= 11 is 4.37. The molecule has 0 spiro atoms. The predicted octanol–water partition coefficient (Wildman–Crippen LogP) is 2.85. The molecule has 0 saturated carbocycles. The molecule has 0 atom stereocenters. The molecule has 1 aromatic rings. The number of aryl methyl sites for hydroxylation is 1. The quantitative estimate of drug-likeness (QED) is 0.812. The van der Waals surface area contributed by atoms with Crippen molar-refractivity contribution in [3.63, 3.8) is 0 Å². The Balaban J connectivity index is 2.40. The summed E-state index contributed by atoms with van der Waals surface area (Å²) in [5.74, 6) is 1.86. The number of hydrogen-bond donors (Lipinski definition) is 1. The van der Waals surface area contributed by atoms with Crippen molar-refractivity contribution in [3.8, 4) is 5.75 Å². The minimum atomic E-state index is 0.123. The number of thiol groups is 1. The Hall–Kier alpha value is -0.670. The van der Waals surface area contributed by atoms with Crippen LogP contribution in [0.4, 0.5) is 0 Å². The maximum Gasteiger partial charge on any atom is 0.122 e. The van der Waals surface area contributed by atoms with E-state index in [1.54, 1.807) is 7.11 Å². The molecular weight excluding hydrogens is 232 g/mol. The van der Waals surface area contributed by atoms with Gasteiger partial charge in [0.2, 0.25) is 0 Å². The molecule has 0 N–H and O–H groups in total.